The normalized spacial score (nSPS) is 22.4. The quantitative estimate of drug-likeness (QED) is 0.619. The first-order valence-electron chi connectivity index (χ1n) is 12.0. The van der Waals surface area contributed by atoms with Gasteiger partial charge in [0.25, 0.3) is 5.91 Å². The SMILES string of the molecule is COc1cc(C)ccc1C(=O)N1CCCC[C@H]1c1cc2nc(N3C[C@@H](C#N)[C@@H](O)C3)c(C)cn2n1. The molecule has 2 aliphatic rings. The number of β-amino-alcohol motifs (C(OH)–C–C–N with tert-alkyl or cyclic N) is 1. The van der Waals surface area contributed by atoms with Crippen molar-refractivity contribution < 1.29 is 14.6 Å². The number of nitrogens with zero attached hydrogens (tertiary/aromatic N) is 6. The number of likely N-dealkylation sites (tertiary alicyclic amines) is 1. The smallest absolute Gasteiger partial charge is 0.258 e. The van der Waals surface area contributed by atoms with Gasteiger partial charge in [0.15, 0.2) is 5.65 Å². The van der Waals surface area contributed by atoms with Crippen molar-refractivity contribution >= 4 is 17.4 Å². The van der Waals surface area contributed by atoms with Gasteiger partial charge in [-0.25, -0.2) is 9.50 Å². The predicted molar refractivity (Wildman–Crippen MR) is 130 cm³/mol. The minimum Gasteiger partial charge on any atom is -0.496 e. The lowest BCUT2D eigenvalue weighted by Gasteiger charge is -2.35. The highest BCUT2D eigenvalue weighted by Crippen LogP contribution is 2.34. The molecule has 0 spiro atoms. The second-order valence-electron chi connectivity index (χ2n) is 9.54. The summed E-state index contributed by atoms with van der Waals surface area (Å²) in [5, 5.41) is 24.3. The second kappa shape index (κ2) is 9.19. The third-order valence-electron chi connectivity index (χ3n) is 7.07. The molecule has 3 atom stereocenters. The summed E-state index contributed by atoms with van der Waals surface area (Å²) in [4.78, 5) is 22.3. The van der Waals surface area contributed by atoms with Crippen molar-refractivity contribution in [3.8, 4) is 11.8 Å². The van der Waals surface area contributed by atoms with Gasteiger partial charge < -0.3 is 19.6 Å². The molecule has 1 aromatic carbocycles. The molecule has 0 unspecified atom stereocenters. The number of anilines is 1. The van der Waals surface area contributed by atoms with Crippen molar-refractivity contribution in [1.82, 2.24) is 19.5 Å². The number of carbonyl (C=O) groups excluding carboxylic acids is 1. The topological polar surface area (TPSA) is 107 Å². The van der Waals surface area contributed by atoms with Gasteiger partial charge in [-0.15, -0.1) is 0 Å². The van der Waals surface area contributed by atoms with Gasteiger partial charge in [0, 0.05) is 37.5 Å². The van der Waals surface area contributed by atoms with Crippen LogP contribution in [0.3, 0.4) is 0 Å². The number of aliphatic hydroxyl groups is 1. The van der Waals surface area contributed by atoms with Crippen LogP contribution in [0.5, 0.6) is 5.75 Å². The number of fused-ring (bicyclic) bond motifs is 1. The maximum Gasteiger partial charge on any atom is 0.258 e. The molecule has 2 aliphatic heterocycles. The number of benzene rings is 1. The van der Waals surface area contributed by atoms with Gasteiger partial charge in [-0.3, -0.25) is 4.79 Å². The monoisotopic (exact) mass is 474 g/mol. The van der Waals surface area contributed by atoms with E-state index >= 15 is 0 Å². The first kappa shape index (κ1) is 23.1. The fourth-order valence-electron chi connectivity index (χ4n) is 5.20. The van der Waals surface area contributed by atoms with E-state index in [1.165, 1.54) is 0 Å². The van der Waals surface area contributed by atoms with Gasteiger partial charge in [0.05, 0.1) is 42.5 Å². The van der Waals surface area contributed by atoms with Gasteiger partial charge in [-0.05, 0) is 50.8 Å². The van der Waals surface area contributed by atoms with Crippen LogP contribution < -0.4 is 9.64 Å². The van der Waals surface area contributed by atoms with Crippen molar-refractivity contribution in [3.05, 3.63) is 52.8 Å². The number of nitriles is 1. The molecule has 35 heavy (non-hydrogen) atoms. The summed E-state index contributed by atoms with van der Waals surface area (Å²) in [6, 6.07) is 9.62. The fourth-order valence-corrected chi connectivity index (χ4v) is 5.20. The first-order valence-corrected chi connectivity index (χ1v) is 12.0. The number of aromatic nitrogens is 3. The van der Waals surface area contributed by atoms with E-state index in [0.29, 0.717) is 36.6 Å². The van der Waals surface area contributed by atoms with Crippen molar-refractivity contribution in [2.45, 2.75) is 45.3 Å². The standard InChI is InChI=1S/C26H30N6O3/c1-16-7-8-19(23(10-16)35-3)26(34)31-9-5-4-6-21(31)20-11-24-28-25(17(2)13-32(24)29-20)30-14-18(12-27)22(33)15-30/h7-8,10-11,13,18,21-22,33H,4-6,9,14-15H2,1-3H3/t18-,21+,22+/m1/s1. The molecular formula is C26H30N6O3. The molecule has 2 fully saturated rings. The van der Waals surface area contributed by atoms with Crippen LogP contribution in [0.4, 0.5) is 5.82 Å². The molecule has 9 nitrogen and oxygen atoms in total. The van der Waals surface area contributed by atoms with Crippen molar-refractivity contribution in [2.24, 2.45) is 5.92 Å². The molecule has 0 bridgehead atoms. The Balaban J connectivity index is 1.47. The fraction of sp³-hybridized carbons (Fsp3) is 0.462. The van der Waals surface area contributed by atoms with Gasteiger partial charge >= 0.3 is 0 Å². The Morgan fingerprint density at radius 1 is 1.23 bits per heavy atom. The van der Waals surface area contributed by atoms with E-state index < -0.39 is 12.0 Å². The summed E-state index contributed by atoms with van der Waals surface area (Å²) < 4.78 is 7.26. The highest BCUT2D eigenvalue weighted by atomic mass is 16.5. The Hall–Kier alpha value is -3.64. The largest absolute Gasteiger partial charge is 0.496 e. The number of ether oxygens (including phenoxy) is 1. The number of aryl methyl sites for hydroxylation is 2. The lowest BCUT2D eigenvalue weighted by Crippen LogP contribution is -2.38. The maximum atomic E-state index is 13.6. The van der Waals surface area contributed by atoms with Crippen LogP contribution in [0.25, 0.3) is 5.65 Å². The molecule has 2 saturated heterocycles. The number of amides is 1. The highest BCUT2D eigenvalue weighted by Gasteiger charge is 2.34. The van der Waals surface area contributed by atoms with Crippen molar-refractivity contribution in [2.75, 3.05) is 31.6 Å². The Morgan fingerprint density at radius 2 is 2.06 bits per heavy atom. The molecule has 3 aromatic rings. The van der Waals surface area contributed by atoms with E-state index in [2.05, 4.69) is 6.07 Å². The van der Waals surface area contributed by atoms with Crippen LogP contribution >= 0.6 is 0 Å². The van der Waals surface area contributed by atoms with Crippen LogP contribution in [0, 0.1) is 31.1 Å². The number of methoxy groups -OCH3 is 1. The van der Waals surface area contributed by atoms with Crippen LogP contribution in [-0.4, -0.2) is 63.4 Å². The summed E-state index contributed by atoms with van der Waals surface area (Å²) in [6.45, 7) is 5.42. The third kappa shape index (κ3) is 4.19. The second-order valence-corrected chi connectivity index (χ2v) is 9.54. The van der Waals surface area contributed by atoms with Gasteiger partial charge in [-0.2, -0.15) is 10.4 Å². The van der Waals surface area contributed by atoms with E-state index in [4.69, 9.17) is 14.8 Å². The van der Waals surface area contributed by atoms with Gasteiger partial charge in [-0.1, -0.05) is 6.07 Å². The Kier molecular flexibility index (Phi) is 6.07. The summed E-state index contributed by atoms with van der Waals surface area (Å²) in [7, 11) is 1.59. The molecule has 2 aromatic heterocycles. The molecular weight excluding hydrogens is 444 g/mol. The zero-order valence-electron chi connectivity index (χ0n) is 20.3. The Labute approximate surface area is 204 Å². The molecule has 4 heterocycles. The van der Waals surface area contributed by atoms with Crippen molar-refractivity contribution in [1.29, 1.82) is 5.26 Å². The van der Waals surface area contributed by atoms with Crippen LogP contribution in [0.1, 0.15) is 52.5 Å². The van der Waals surface area contributed by atoms with Crippen molar-refractivity contribution in [3.63, 3.8) is 0 Å². The summed E-state index contributed by atoms with van der Waals surface area (Å²) in [5.41, 5.74) is 4.01. The number of hydrogen-bond donors (Lipinski definition) is 1. The average molecular weight is 475 g/mol. The van der Waals surface area contributed by atoms with E-state index in [-0.39, 0.29) is 11.9 Å². The average Bonchev–Trinajstić information content (AvgIpc) is 3.45. The molecule has 9 heteroatoms. The lowest BCUT2D eigenvalue weighted by molar-refractivity contribution is 0.0602. The molecule has 1 N–H and O–H groups in total. The molecule has 0 radical (unpaired) electrons. The number of carbonyl (C=O) groups is 1. The van der Waals surface area contributed by atoms with Crippen LogP contribution in [-0.2, 0) is 0 Å². The van der Waals surface area contributed by atoms with E-state index in [9.17, 15) is 15.2 Å². The number of rotatable bonds is 4. The third-order valence-corrected chi connectivity index (χ3v) is 7.07. The molecule has 0 aliphatic carbocycles. The maximum absolute atomic E-state index is 13.6. The minimum atomic E-state index is -0.682. The molecule has 182 valence electrons. The van der Waals surface area contributed by atoms with Gasteiger partial charge in [0.1, 0.15) is 11.6 Å². The summed E-state index contributed by atoms with van der Waals surface area (Å²) in [5.74, 6) is 0.858. The Bertz CT molecular complexity index is 1310. The number of hydrogen-bond acceptors (Lipinski definition) is 7. The number of aliphatic hydroxyl groups excluding tert-OH is 1. The molecule has 0 saturated carbocycles. The Morgan fingerprint density at radius 3 is 2.80 bits per heavy atom. The highest BCUT2D eigenvalue weighted by molar-refractivity contribution is 5.97. The van der Waals surface area contributed by atoms with E-state index in [1.54, 1.807) is 11.6 Å². The number of piperidine rings is 1. The van der Waals surface area contributed by atoms with E-state index in [0.717, 1.165) is 41.9 Å². The molecule has 1 amide bonds. The lowest BCUT2D eigenvalue weighted by atomic mass is 9.97. The zero-order valence-corrected chi connectivity index (χ0v) is 20.3. The van der Waals surface area contributed by atoms with Crippen LogP contribution in [0.2, 0.25) is 0 Å². The minimum absolute atomic E-state index is 0.0537. The van der Waals surface area contributed by atoms with Crippen LogP contribution in [0.15, 0.2) is 30.5 Å². The molecule has 5 rings (SSSR count). The van der Waals surface area contributed by atoms with Gasteiger partial charge in [0.2, 0.25) is 0 Å². The predicted octanol–water partition coefficient (Wildman–Crippen LogP) is 3.04. The first-order chi connectivity index (χ1) is 16.9. The summed E-state index contributed by atoms with van der Waals surface area (Å²) >= 11 is 0. The summed E-state index contributed by atoms with van der Waals surface area (Å²) in [6.07, 6.45) is 4.04. The zero-order chi connectivity index (χ0) is 24.7. The van der Waals surface area contributed by atoms with E-state index in [1.807, 2.05) is 54.1 Å².